The van der Waals surface area contributed by atoms with Gasteiger partial charge in [0.2, 0.25) is 0 Å². The van der Waals surface area contributed by atoms with Crippen LogP contribution >= 0.6 is 0 Å². The van der Waals surface area contributed by atoms with Crippen molar-refractivity contribution in [1.29, 1.82) is 0 Å². The molecule has 2 aliphatic rings. The van der Waals surface area contributed by atoms with Crippen LogP contribution < -0.4 is 5.32 Å². The Morgan fingerprint density at radius 3 is 2.78 bits per heavy atom. The number of hydrogen-bond acceptors (Lipinski definition) is 4. The van der Waals surface area contributed by atoms with Crippen LogP contribution in [0.15, 0.2) is 42.9 Å². The Labute approximate surface area is 157 Å². The summed E-state index contributed by atoms with van der Waals surface area (Å²) < 4.78 is 7.69. The van der Waals surface area contributed by atoms with Crippen molar-refractivity contribution in [2.24, 2.45) is 0 Å². The quantitative estimate of drug-likeness (QED) is 0.744. The summed E-state index contributed by atoms with van der Waals surface area (Å²) in [6.07, 6.45) is 7.35. The van der Waals surface area contributed by atoms with E-state index in [1.54, 1.807) is 6.20 Å². The van der Waals surface area contributed by atoms with Crippen molar-refractivity contribution in [3.63, 3.8) is 0 Å². The number of fused-ring (bicyclic) bond motifs is 3. The molecule has 7 nitrogen and oxygen atoms in total. The lowest BCUT2D eigenvalue weighted by atomic mass is 9.90. The first-order valence-corrected chi connectivity index (χ1v) is 9.40. The minimum Gasteiger partial charge on any atom is -0.378 e. The van der Waals surface area contributed by atoms with Crippen LogP contribution in [0.2, 0.25) is 0 Å². The molecule has 0 spiro atoms. The fourth-order valence-corrected chi connectivity index (χ4v) is 4.43. The van der Waals surface area contributed by atoms with Gasteiger partial charge in [-0.05, 0) is 26.0 Å². The molecule has 27 heavy (non-hydrogen) atoms. The van der Waals surface area contributed by atoms with Crippen LogP contribution in [-0.2, 0) is 4.74 Å². The molecule has 2 fully saturated rings. The smallest absolute Gasteiger partial charge is 0.253 e. The number of nitrogens with zero attached hydrogens (tertiary/aromatic N) is 3. The number of benzene rings is 1. The molecule has 3 atom stereocenters. The first-order chi connectivity index (χ1) is 13.2. The standard InChI is InChI=1S/C20H23N5O2/c1-24-14-6-13(7-15(24)12-27-11-14)23-20(26)18-10-25(16-8-21-22-9-16)19-5-3-2-4-17(18)19/h2-5,8-10,13-15H,6-7,11-12H2,1H3,(H,21,22)(H,23,26)/t13?,14-,15+. The summed E-state index contributed by atoms with van der Waals surface area (Å²) in [5.41, 5.74) is 2.61. The normalized spacial score (nSPS) is 25.6. The molecular weight excluding hydrogens is 342 g/mol. The van der Waals surface area contributed by atoms with E-state index in [1.165, 1.54) is 0 Å². The fraction of sp³-hybridized carbons (Fsp3) is 0.400. The van der Waals surface area contributed by atoms with Gasteiger partial charge in [0.25, 0.3) is 5.91 Å². The summed E-state index contributed by atoms with van der Waals surface area (Å²) in [6.45, 7) is 1.50. The Bertz CT molecular complexity index is 950. The average molecular weight is 365 g/mol. The third kappa shape index (κ3) is 2.83. The van der Waals surface area contributed by atoms with Crippen molar-refractivity contribution in [2.45, 2.75) is 31.0 Å². The number of carbonyl (C=O) groups is 1. The van der Waals surface area contributed by atoms with Gasteiger partial charge >= 0.3 is 0 Å². The fourth-order valence-electron chi connectivity index (χ4n) is 4.43. The highest BCUT2D eigenvalue weighted by atomic mass is 16.5. The number of piperidine rings is 1. The number of nitrogens with one attached hydrogen (secondary N) is 2. The summed E-state index contributed by atoms with van der Waals surface area (Å²) in [7, 11) is 2.16. The van der Waals surface area contributed by atoms with E-state index in [0.717, 1.165) is 42.6 Å². The van der Waals surface area contributed by atoms with Crippen molar-refractivity contribution in [2.75, 3.05) is 20.3 Å². The molecule has 1 aromatic carbocycles. The Morgan fingerprint density at radius 1 is 1.26 bits per heavy atom. The molecule has 2 N–H and O–H groups in total. The Kier molecular flexibility index (Phi) is 3.98. The highest BCUT2D eigenvalue weighted by molar-refractivity contribution is 6.07. The van der Waals surface area contributed by atoms with E-state index < -0.39 is 0 Å². The molecule has 2 aliphatic heterocycles. The summed E-state index contributed by atoms with van der Waals surface area (Å²) >= 11 is 0. The van der Waals surface area contributed by atoms with Crippen LogP contribution in [0.25, 0.3) is 16.6 Å². The lowest BCUT2D eigenvalue weighted by Crippen LogP contribution is -2.59. The first-order valence-electron chi connectivity index (χ1n) is 9.40. The number of ether oxygens (including phenoxy) is 1. The van der Waals surface area contributed by atoms with Crippen LogP contribution in [-0.4, -0.2) is 64.0 Å². The largest absolute Gasteiger partial charge is 0.378 e. The molecule has 0 radical (unpaired) electrons. The molecular formula is C20H23N5O2. The second-order valence-electron chi connectivity index (χ2n) is 7.54. The van der Waals surface area contributed by atoms with Gasteiger partial charge in [0.1, 0.15) is 0 Å². The third-order valence-electron chi connectivity index (χ3n) is 5.94. The molecule has 1 amide bonds. The number of para-hydroxylation sites is 1. The van der Waals surface area contributed by atoms with Gasteiger partial charge < -0.3 is 14.6 Å². The van der Waals surface area contributed by atoms with E-state index in [1.807, 2.05) is 41.2 Å². The van der Waals surface area contributed by atoms with Crippen LogP contribution in [0.3, 0.4) is 0 Å². The second-order valence-corrected chi connectivity index (χ2v) is 7.54. The first kappa shape index (κ1) is 16.5. The number of aromatic nitrogens is 3. The molecule has 7 heteroatoms. The molecule has 3 aromatic rings. The van der Waals surface area contributed by atoms with Gasteiger partial charge in [-0.1, -0.05) is 18.2 Å². The zero-order valence-corrected chi connectivity index (χ0v) is 15.3. The van der Waals surface area contributed by atoms with E-state index in [0.29, 0.717) is 17.6 Å². The number of rotatable bonds is 3. The number of carbonyl (C=O) groups excluding carboxylic acids is 1. The molecule has 2 aromatic heterocycles. The van der Waals surface area contributed by atoms with Gasteiger partial charge in [-0.3, -0.25) is 14.8 Å². The van der Waals surface area contributed by atoms with Crippen molar-refractivity contribution in [3.05, 3.63) is 48.4 Å². The number of morpholine rings is 1. The summed E-state index contributed by atoms with van der Waals surface area (Å²) in [5, 5.41) is 11.1. The van der Waals surface area contributed by atoms with Gasteiger partial charge in [-0.2, -0.15) is 5.10 Å². The number of amides is 1. The van der Waals surface area contributed by atoms with Crippen LogP contribution in [0, 0.1) is 0 Å². The van der Waals surface area contributed by atoms with Crippen molar-refractivity contribution < 1.29 is 9.53 Å². The average Bonchev–Trinajstić information content (AvgIpc) is 3.30. The summed E-state index contributed by atoms with van der Waals surface area (Å²) in [4.78, 5) is 15.5. The maximum absolute atomic E-state index is 13.1. The Balaban J connectivity index is 1.43. The van der Waals surface area contributed by atoms with Gasteiger partial charge in [-0.25, -0.2) is 0 Å². The van der Waals surface area contributed by atoms with E-state index in [-0.39, 0.29) is 11.9 Å². The zero-order valence-electron chi connectivity index (χ0n) is 15.3. The number of H-pyrrole nitrogens is 1. The monoisotopic (exact) mass is 365 g/mol. The predicted octanol–water partition coefficient (Wildman–Crippen LogP) is 1.95. The van der Waals surface area contributed by atoms with Crippen LogP contribution in [0.4, 0.5) is 0 Å². The van der Waals surface area contributed by atoms with Crippen molar-refractivity contribution >= 4 is 16.8 Å². The van der Waals surface area contributed by atoms with E-state index >= 15 is 0 Å². The van der Waals surface area contributed by atoms with E-state index in [9.17, 15) is 4.79 Å². The van der Waals surface area contributed by atoms with Gasteiger partial charge in [0, 0.05) is 35.9 Å². The molecule has 1 unspecified atom stereocenters. The molecule has 4 heterocycles. The Morgan fingerprint density at radius 2 is 2.04 bits per heavy atom. The van der Waals surface area contributed by atoms with Gasteiger partial charge in [-0.15, -0.1) is 0 Å². The van der Waals surface area contributed by atoms with E-state index in [4.69, 9.17) is 4.74 Å². The zero-order chi connectivity index (χ0) is 18.4. The van der Waals surface area contributed by atoms with E-state index in [2.05, 4.69) is 27.5 Å². The van der Waals surface area contributed by atoms with Crippen molar-refractivity contribution in [1.82, 2.24) is 25.0 Å². The molecule has 140 valence electrons. The highest BCUT2D eigenvalue weighted by Crippen LogP contribution is 2.28. The van der Waals surface area contributed by atoms with Crippen LogP contribution in [0.5, 0.6) is 0 Å². The van der Waals surface area contributed by atoms with Gasteiger partial charge in [0.15, 0.2) is 0 Å². The Hall–Kier alpha value is -2.64. The lowest BCUT2D eigenvalue weighted by Gasteiger charge is -2.46. The third-order valence-corrected chi connectivity index (χ3v) is 5.94. The number of hydrogen-bond donors (Lipinski definition) is 2. The van der Waals surface area contributed by atoms with Crippen molar-refractivity contribution in [3.8, 4) is 5.69 Å². The van der Waals surface area contributed by atoms with Crippen LogP contribution in [0.1, 0.15) is 23.2 Å². The van der Waals surface area contributed by atoms with Gasteiger partial charge in [0.05, 0.1) is 36.2 Å². The second kappa shape index (κ2) is 6.51. The highest BCUT2D eigenvalue weighted by Gasteiger charge is 2.37. The number of likely N-dealkylation sites (N-methyl/N-ethyl adjacent to an activating group) is 1. The maximum atomic E-state index is 13.1. The molecule has 0 aliphatic carbocycles. The predicted molar refractivity (Wildman–Crippen MR) is 102 cm³/mol. The molecule has 0 saturated carbocycles. The maximum Gasteiger partial charge on any atom is 0.253 e. The minimum absolute atomic E-state index is 0.0120. The topological polar surface area (TPSA) is 75.2 Å². The molecule has 2 bridgehead atoms. The summed E-state index contributed by atoms with van der Waals surface area (Å²) in [6, 6.07) is 8.93. The molecule has 5 rings (SSSR count). The SMILES string of the molecule is CN1[C@@H]2COC[C@H]1CC(NC(=O)c1cn(-c3cn[nH]c3)c3ccccc13)C2. The lowest BCUT2D eigenvalue weighted by molar-refractivity contribution is -0.0670. The summed E-state index contributed by atoms with van der Waals surface area (Å²) in [5.74, 6) is -0.0120. The number of aromatic amines is 1. The minimum atomic E-state index is -0.0120. The molecule has 2 saturated heterocycles.